The number of benzene rings is 1. The van der Waals surface area contributed by atoms with E-state index in [9.17, 15) is 4.79 Å². The predicted molar refractivity (Wildman–Crippen MR) is 85.5 cm³/mol. The Morgan fingerprint density at radius 2 is 1.95 bits per heavy atom. The predicted octanol–water partition coefficient (Wildman–Crippen LogP) is 3.36. The lowest BCUT2D eigenvalue weighted by atomic mass is 9.98. The average Bonchev–Trinajstić information content (AvgIpc) is 3.09. The van der Waals surface area contributed by atoms with Crippen LogP contribution in [-0.2, 0) is 9.53 Å². The molecule has 1 aliphatic carbocycles. The number of nitrogens with zero attached hydrogens (tertiary/aromatic N) is 1. The summed E-state index contributed by atoms with van der Waals surface area (Å²) in [5, 5.41) is 9.70. The number of hydrogen-bond donors (Lipinski definition) is 2. The molecule has 1 aliphatic rings. The maximum Gasteiger partial charge on any atom is 0.250 e. The van der Waals surface area contributed by atoms with E-state index in [1.54, 1.807) is 6.20 Å². The molecule has 0 saturated heterocycles. The Bertz CT molecular complexity index is 587. The van der Waals surface area contributed by atoms with Gasteiger partial charge in [0.15, 0.2) is 0 Å². The van der Waals surface area contributed by atoms with Crippen LogP contribution in [0.15, 0.2) is 36.5 Å². The summed E-state index contributed by atoms with van der Waals surface area (Å²) in [5.41, 5.74) is 2.77. The lowest BCUT2D eigenvalue weighted by Gasteiger charge is -2.21. The molecular formula is C17H21N3O2. The van der Waals surface area contributed by atoms with Crippen molar-refractivity contribution in [3.8, 4) is 11.3 Å². The summed E-state index contributed by atoms with van der Waals surface area (Å²) in [5.74, 6) is -0.0973. The molecule has 0 spiro atoms. The van der Waals surface area contributed by atoms with Crippen LogP contribution in [0.5, 0.6) is 0 Å². The van der Waals surface area contributed by atoms with Crippen LogP contribution < -0.4 is 5.32 Å². The summed E-state index contributed by atoms with van der Waals surface area (Å²) in [6.07, 6.45) is 7.82. The highest BCUT2D eigenvalue weighted by atomic mass is 16.5. The van der Waals surface area contributed by atoms with Crippen LogP contribution in [-0.4, -0.2) is 28.8 Å². The van der Waals surface area contributed by atoms with Crippen LogP contribution in [0.3, 0.4) is 0 Å². The van der Waals surface area contributed by atoms with Crippen LogP contribution >= 0.6 is 0 Å². The minimum absolute atomic E-state index is 0.0973. The number of aromatic amines is 1. The zero-order valence-corrected chi connectivity index (χ0v) is 12.5. The molecule has 0 radical (unpaired) electrons. The molecule has 2 aromatic rings. The third-order valence-corrected chi connectivity index (χ3v) is 3.98. The number of anilines is 1. The maximum atomic E-state index is 11.9. The van der Waals surface area contributed by atoms with Crippen molar-refractivity contribution in [3.63, 3.8) is 0 Å². The first-order chi connectivity index (χ1) is 10.8. The van der Waals surface area contributed by atoms with Gasteiger partial charge in [-0.2, -0.15) is 5.10 Å². The van der Waals surface area contributed by atoms with E-state index < -0.39 is 0 Å². The number of H-pyrrole nitrogens is 1. The second-order valence-corrected chi connectivity index (χ2v) is 5.67. The summed E-state index contributed by atoms with van der Waals surface area (Å²) >= 11 is 0. The van der Waals surface area contributed by atoms with E-state index >= 15 is 0 Å². The number of hydrogen-bond acceptors (Lipinski definition) is 3. The number of rotatable bonds is 5. The number of aromatic nitrogens is 2. The van der Waals surface area contributed by atoms with Gasteiger partial charge in [0.1, 0.15) is 6.61 Å². The van der Waals surface area contributed by atoms with Crippen molar-refractivity contribution < 1.29 is 9.53 Å². The van der Waals surface area contributed by atoms with E-state index in [0.29, 0.717) is 0 Å². The topological polar surface area (TPSA) is 67.0 Å². The van der Waals surface area contributed by atoms with Gasteiger partial charge in [0.25, 0.3) is 0 Å². The van der Waals surface area contributed by atoms with Gasteiger partial charge in [0.2, 0.25) is 5.91 Å². The molecule has 1 saturated carbocycles. The molecule has 1 amide bonds. The number of carbonyl (C=O) groups excluding carboxylic acids is 1. The van der Waals surface area contributed by atoms with Crippen molar-refractivity contribution in [3.05, 3.63) is 36.5 Å². The second-order valence-electron chi connectivity index (χ2n) is 5.67. The van der Waals surface area contributed by atoms with Crippen LogP contribution in [0.2, 0.25) is 0 Å². The number of ether oxygens (including phenoxy) is 1. The first-order valence-corrected chi connectivity index (χ1v) is 7.82. The van der Waals surface area contributed by atoms with Crippen molar-refractivity contribution >= 4 is 11.6 Å². The number of carbonyl (C=O) groups is 1. The molecule has 5 heteroatoms. The molecule has 116 valence electrons. The fourth-order valence-corrected chi connectivity index (χ4v) is 2.77. The third kappa shape index (κ3) is 3.95. The Balaban J connectivity index is 1.48. The molecule has 2 N–H and O–H groups in total. The summed E-state index contributed by atoms with van der Waals surface area (Å²) in [6.45, 7) is 0.132. The van der Waals surface area contributed by atoms with Gasteiger partial charge in [-0.05, 0) is 36.6 Å². The lowest BCUT2D eigenvalue weighted by molar-refractivity contribution is -0.123. The van der Waals surface area contributed by atoms with E-state index in [4.69, 9.17) is 4.74 Å². The fourth-order valence-electron chi connectivity index (χ4n) is 2.77. The molecule has 0 unspecified atom stereocenters. The minimum Gasteiger partial charge on any atom is -0.368 e. The molecular weight excluding hydrogens is 278 g/mol. The highest BCUT2D eigenvalue weighted by Gasteiger charge is 2.15. The van der Waals surface area contributed by atoms with Gasteiger partial charge in [0, 0.05) is 11.9 Å². The summed E-state index contributed by atoms with van der Waals surface area (Å²) < 4.78 is 5.67. The molecule has 1 fully saturated rings. The van der Waals surface area contributed by atoms with Crippen molar-refractivity contribution in [1.82, 2.24) is 10.2 Å². The van der Waals surface area contributed by atoms with Gasteiger partial charge in [-0.25, -0.2) is 0 Å². The standard InChI is InChI=1S/C17H21N3O2/c21-17(12-22-15-4-2-1-3-5-15)19-14-8-6-13(7-9-14)16-10-11-18-20-16/h6-11,15H,1-5,12H2,(H,18,20)(H,19,21). The van der Waals surface area contributed by atoms with Gasteiger partial charge in [-0.3, -0.25) is 9.89 Å². The first-order valence-electron chi connectivity index (χ1n) is 7.82. The smallest absolute Gasteiger partial charge is 0.250 e. The van der Waals surface area contributed by atoms with Crippen LogP contribution in [0, 0.1) is 0 Å². The molecule has 0 aliphatic heterocycles. The highest BCUT2D eigenvalue weighted by molar-refractivity contribution is 5.91. The summed E-state index contributed by atoms with van der Waals surface area (Å²) in [4.78, 5) is 11.9. The van der Waals surface area contributed by atoms with E-state index in [0.717, 1.165) is 29.8 Å². The lowest BCUT2D eigenvalue weighted by Crippen LogP contribution is -2.24. The molecule has 22 heavy (non-hydrogen) atoms. The van der Waals surface area contributed by atoms with Crippen molar-refractivity contribution in [2.24, 2.45) is 0 Å². The van der Waals surface area contributed by atoms with E-state index in [1.807, 2.05) is 30.3 Å². The van der Waals surface area contributed by atoms with Crippen LogP contribution in [0.4, 0.5) is 5.69 Å². The van der Waals surface area contributed by atoms with E-state index in [2.05, 4.69) is 15.5 Å². The van der Waals surface area contributed by atoms with Gasteiger partial charge < -0.3 is 10.1 Å². The maximum absolute atomic E-state index is 11.9. The molecule has 1 heterocycles. The molecule has 5 nitrogen and oxygen atoms in total. The summed E-state index contributed by atoms with van der Waals surface area (Å²) in [7, 11) is 0. The Morgan fingerprint density at radius 1 is 1.18 bits per heavy atom. The normalized spacial score (nSPS) is 15.6. The van der Waals surface area contributed by atoms with Gasteiger partial charge >= 0.3 is 0 Å². The van der Waals surface area contributed by atoms with Crippen molar-refractivity contribution in [1.29, 1.82) is 0 Å². The van der Waals surface area contributed by atoms with Gasteiger partial charge in [0.05, 0.1) is 11.8 Å². The van der Waals surface area contributed by atoms with Crippen LogP contribution in [0.25, 0.3) is 11.3 Å². The van der Waals surface area contributed by atoms with Gasteiger partial charge in [-0.15, -0.1) is 0 Å². The zero-order valence-electron chi connectivity index (χ0n) is 12.5. The van der Waals surface area contributed by atoms with Crippen molar-refractivity contribution in [2.45, 2.75) is 38.2 Å². The molecule has 1 aromatic heterocycles. The quantitative estimate of drug-likeness (QED) is 0.889. The largest absolute Gasteiger partial charge is 0.368 e. The summed E-state index contributed by atoms with van der Waals surface area (Å²) in [6, 6.07) is 9.57. The highest BCUT2D eigenvalue weighted by Crippen LogP contribution is 2.21. The Labute approximate surface area is 130 Å². The minimum atomic E-state index is -0.0973. The molecule has 0 atom stereocenters. The van der Waals surface area contributed by atoms with E-state index in [1.165, 1.54) is 19.3 Å². The molecule has 1 aromatic carbocycles. The first kappa shape index (κ1) is 14.8. The van der Waals surface area contributed by atoms with Crippen molar-refractivity contribution in [2.75, 3.05) is 11.9 Å². The third-order valence-electron chi connectivity index (χ3n) is 3.98. The molecule has 0 bridgehead atoms. The number of nitrogens with one attached hydrogen (secondary N) is 2. The Hall–Kier alpha value is -2.14. The SMILES string of the molecule is O=C(COC1CCCCC1)Nc1ccc(-c2ccn[nH]2)cc1. The zero-order chi connectivity index (χ0) is 15.2. The fraction of sp³-hybridized carbons (Fsp3) is 0.412. The Morgan fingerprint density at radius 3 is 2.64 bits per heavy atom. The van der Waals surface area contributed by atoms with Gasteiger partial charge in [-0.1, -0.05) is 31.4 Å². The Kier molecular flexibility index (Phi) is 4.85. The number of amides is 1. The average molecular weight is 299 g/mol. The monoisotopic (exact) mass is 299 g/mol. The van der Waals surface area contributed by atoms with E-state index in [-0.39, 0.29) is 18.6 Å². The second kappa shape index (κ2) is 7.22. The molecule has 3 rings (SSSR count). The van der Waals surface area contributed by atoms with Crippen LogP contribution in [0.1, 0.15) is 32.1 Å².